The van der Waals surface area contributed by atoms with Gasteiger partial charge >= 0.3 is 0 Å². The fourth-order valence-corrected chi connectivity index (χ4v) is 2.50. The van der Waals surface area contributed by atoms with Crippen molar-refractivity contribution in [2.24, 2.45) is 5.92 Å². The van der Waals surface area contributed by atoms with E-state index in [1.165, 1.54) is 22.6 Å². The van der Waals surface area contributed by atoms with Crippen LogP contribution in [-0.4, -0.2) is 17.8 Å². The Morgan fingerprint density at radius 2 is 2.25 bits per heavy atom. The normalized spacial score (nSPS) is 12.8. The Labute approximate surface area is 103 Å². The lowest BCUT2D eigenvalue weighted by molar-refractivity contribution is 0.636. The van der Waals surface area contributed by atoms with Crippen molar-refractivity contribution in [3.05, 3.63) is 23.4 Å². The number of nitrogens with zero attached hydrogens (tertiary/aromatic N) is 1. The Bertz CT molecular complexity index is 326. The molecule has 1 atom stereocenters. The predicted octanol–water partition coefficient (Wildman–Crippen LogP) is 3.25. The van der Waals surface area contributed by atoms with Crippen LogP contribution in [-0.2, 0) is 6.54 Å². The monoisotopic (exact) mass is 238 g/mol. The van der Waals surface area contributed by atoms with Gasteiger partial charge in [-0.3, -0.25) is 0 Å². The van der Waals surface area contributed by atoms with Crippen LogP contribution in [0.3, 0.4) is 0 Å². The molecule has 0 saturated carbocycles. The first kappa shape index (κ1) is 13.5. The number of aryl methyl sites for hydroxylation is 1. The van der Waals surface area contributed by atoms with E-state index >= 15 is 0 Å². The lowest BCUT2D eigenvalue weighted by Crippen LogP contribution is -2.06. The average molecular weight is 238 g/mol. The molecule has 0 amide bonds. The van der Waals surface area contributed by atoms with Gasteiger partial charge in [0.15, 0.2) is 0 Å². The van der Waals surface area contributed by atoms with E-state index in [1.54, 1.807) is 0 Å². The number of pyridine rings is 1. The Hall–Kier alpha value is -0.540. The average Bonchev–Trinajstić information content (AvgIpc) is 2.28. The summed E-state index contributed by atoms with van der Waals surface area (Å²) in [5.74, 6) is 1.93. The summed E-state index contributed by atoms with van der Waals surface area (Å²) in [6, 6.07) is 2.22. The standard InChI is InChI=1S/C13H22N2S/c1-5-10(2)9-16-13-11(3)6-12(7-14-4)8-15-13/h6,8,10,14H,5,7,9H2,1-4H3. The van der Waals surface area contributed by atoms with E-state index in [2.05, 4.69) is 37.1 Å². The molecule has 16 heavy (non-hydrogen) atoms. The van der Waals surface area contributed by atoms with E-state index < -0.39 is 0 Å². The van der Waals surface area contributed by atoms with Gasteiger partial charge < -0.3 is 5.32 Å². The van der Waals surface area contributed by atoms with Crippen LogP contribution in [0.15, 0.2) is 17.3 Å². The van der Waals surface area contributed by atoms with Gasteiger partial charge in [0.1, 0.15) is 0 Å². The van der Waals surface area contributed by atoms with Crippen LogP contribution in [0.4, 0.5) is 0 Å². The number of nitrogens with one attached hydrogen (secondary N) is 1. The van der Waals surface area contributed by atoms with Crippen molar-refractivity contribution < 1.29 is 0 Å². The van der Waals surface area contributed by atoms with Crippen LogP contribution < -0.4 is 5.32 Å². The van der Waals surface area contributed by atoms with Gasteiger partial charge in [0, 0.05) is 18.5 Å². The molecule has 1 N–H and O–H groups in total. The first-order valence-electron chi connectivity index (χ1n) is 5.90. The Kier molecular flexibility index (Phi) is 5.85. The van der Waals surface area contributed by atoms with Crippen LogP contribution >= 0.6 is 11.8 Å². The van der Waals surface area contributed by atoms with Crippen molar-refractivity contribution in [1.29, 1.82) is 0 Å². The molecule has 0 aliphatic heterocycles. The number of thioether (sulfide) groups is 1. The SMILES string of the molecule is CCC(C)CSc1ncc(CNC)cc1C. The molecule has 0 spiro atoms. The minimum atomic E-state index is 0.767. The minimum Gasteiger partial charge on any atom is -0.316 e. The van der Waals surface area contributed by atoms with E-state index in [0.717, 1.165) is 18.2 Å². The number of aromatic nitrogens is 1. The van der Waals surface area contributed by atoms with Crippen LogP contribution in [0.1, 0.15) is 31.4 Å². The van der Waals surface area contributed by atoms with Gasteiger partial charge in [-0.1, -0.05) is 26.3 Å². The fourth-order valence-electron chi connectivity index (χ4n) is 1.41. The van der Waals surface area contributed by atoms with Crippen LogP contribution in [0.25, 0.3) is 0 Å². The van der Waals surface area contributed by atoms with Crippen LogP contribution in [0.2, 0.25) is 0 Å². The summed E-state index contributed by atoms with van der Waals surface area (Å²) < 4.78 is 0. The molecule has 1 heterocycles. The Morgan fingerprint density at radius 3 is 2.81 bits per heavy atom. The molecule has 0 aliphatic rings. The second-order valence-electron chi connectivity index (χ2n) is 4.32. The molecule has 3 heteroatoms. The maximum Gasteiger partial charge on any atom is 0.0989 e. The summed E-state index contributed by atoms with van der Waals surface area (Å²) in [4.78, 5) is 4.53. The van der Waals surface area contributed by atoms with E-state index in [1.807, 2.05) is 25.0 Å². The molecular weight excluding hydrogens is 216 g/mol. The highest BCUT2D eigenvalue weighted by molar-refractivity contribution is 7.99. The van der Waals surface area contributed by atoms with Gasteiger partial charge in [-0.25, -0.2) is 4.98 Å². The summed E-state index contributed by atoms with van der Waals surface area (Å²) in [5.41, 5.74) is 2.55. The summed E-state index contributed by atoms with van der Waals surface area (Å²) in [5, 5.41) is 4.32. The zero-order valence-electron chi connectivity index (χ0n) is 10.7. The van der Waals surface area contributed by atoms with Crippen molar-refractivity contribution >= 4 is 11.8 Å². The topological polar surface area (TPSA) is 24.9 Å². The highest BCUT2D eigenvalue weighted by Crippen LogP contribution is 2.23. The second kappa shape index (κ2) is 6.92. The molecule has 0 aromatic carbocycles. The molecule has 0 fully saturated rings. The molecule has 1 unspecified atom stereocenters. The zero-order chi connectivity index (χ0) is 12.0. The van der Waals surface area contributed by atoms with E-state index in [4.69, 9.17) is 0 Å². The fraction of sp³-hybridized carbons (Fsp3) is 0.615. The third-order valence-corrected chi connectivity index (χ3v) is 4.11. The lowest BCUT2D eigenvalue weighted by atomic mass is 10.2. The largest absolute Gasteiger partial charge is 0.316 e. The van der Waals surface area contributed by atoms with Gasteiger partial charge in [0.2, 0.25) is 0 Å². The maximum atomic E-state index is 4.53. The first-order chi connectivity index (χ1) is 7.67. The number of hydrogen-bond acceptors (Lipinski definition) is 3. The van der Waals surface area contributed by atoms with Gasteiger partial charge in [-0.15, -0.1) is 11.8 Å². The summed E-state index contributed by atoms with van der Waals surface area (Å²) in [7, 11) is 1.96. The van der Waals surface area contributed by atoms with Crippen molar-refractivity contribution in [2.45, 2.75) is 38.8 Å². The second-order valence-corrected chi connectivity index (χ2v) is 5.33. The summed E-state index contributed by atoms with van der Waals surface area (Å²) in [6.07, 6.45) is 3.21. The maximum absolute atomic E-state index is 4.53. The van der Waals surface area contributed by atoms with Gasteiger partial charge in [0.05, 0.1) is 5.03 Å². The highest BCUT2D eigenvalue weighted by Gasteiger charge is 2.05. The number of hydrogen-bond donors (Lipinski definition) is 1. The predicted molar refractivity (Wildman–Crippen MR) is 71.9 cm³/mol. The molecule has 0 radical (unpaired) electrons. The van der Waals surface area contributed by atoms with Crippen LogP contribution in [0.5, 0.6) is 0 Å². The zero-order valence-corrected chi connectivity index (χ0v) is 11.5. The minimum absolute atomic E-state index is 0.767. The van der Waals surface area contributed by atoms with Gasteiger partial charge in [0.25, 0.3) is 0 Å². The molecule has 0 bridgehead atoms. The molecular formula is C13H22N2S. The van der Waals surface area contributed by atoms with Gasteiger partial charge in [-0.2, -0.15) is 0 Å². The van der Waals surface area contributed by atoms with Crippen molar-refractivity contribution in [3.8, 4) is 0 Å². The van der Waals surface area contributed by atoms with Crippen LogP contribution in [0, 0.1) is 12.8 Å². The Morgan fingerprint density at radius 1 is 1.50 bits per heavy atom. The molecule has 1 rings (SSSR count). The third kappa shape index (κ3) is 4.14. The molecule has 0 aliphatic carbocycles. The third-order valence-electron chi connectivity index (χ3n) is 2.67. The van der Waals surface area contributed by atoms with Gasteiger partial charge in [-0.05, 0) is 31.0 Å². The van der Waals surface area contributed by atoms with Crippen molar-refractivity contribution in [2.75, 3.05) is 12.8 Å². The quantitative estimate of drug-likeness (QED) is 0.770. The smallest absolute Gasteiger partial charge is 0.0989 e. The van der Waals surface area contributed by atoms with Crippen molar-refractivity contribution in [1.82, 2.24) is 10.3 Å². The summed E-state index contributed by atoms with van der Waals surface area (Å²) in [6.45, 7) is 7.56. The molecule has 2 nitrogen and oxygen atoms in total. The van der Waals surface area contributed by atoms with E-state index in [9.17, 15) is 0 Å². The summed E-state index contributed by atoms with van der Waals surface area (Å²) >= 11 is 1.87. The molecule has 90 valence electrons. The first-order valence-corrected chi connectivity index (χ1v) is 6.88. The van der Waals surface area contributed by atoms with E-state index in [0.29, 0.717) is 0 Å². The lowest BCUT2D eigenvalue weighted by Gasteiger charge is -2.10. The van der Waals surface area contributed by atoms with Crippen molar-refractivity contribution in [3.63, 3.8) is 0 Å². The molecule has 0 saturated heterocycles. The highest BCUT2D eigenvalue weighted by atomic mass is 32.2. The number of rotatable bonds is 6. The Balaban J connectivity index is 2.60. The molecule has 1 aromatic rings. The molecule has 1 aromatic heterocycles. The van der Waals surface area contributed by atoms with E-state index in [-0.39, 0.29) is 0 Å².